The molecule has 102 valence electrons. The zero-order valence-electron chi connectivity index (χ0n) is 12.0. The average molecular weight is 246 g/mol. The van der Waals surface area contributed by atoms with E-state index in [0.29, 0.717) is 0 Å². The molecule has 1 unspecified atom stereocenters. The predicted molar refractivity (Wildman–Crippen MR) is 80.7 cm³/mol. The van der Waals surface area contributed by atoms with Crippen molar-refractivity contribution in [3.05, 3.63) is 23.8 Å². The molecule has 2 rings (SSSR count). The van der Waals surface area contributed by atoms with Crippen molar-refractivity contribution in [1.82, 2.24) is 0 Å². The molecule has 0 aromatic rings. The van der Waals surface area contributed by atoms with Crippen LogP contribution in [0, 0.1) is 5.92 Å². The Kier molecular flexibility index (Phi) is 6.61. The van der Waals surface area contributed by atoms with E-state index in [1.807, 2.05) is 0 Å². The first-order chi connectivity index (χ1) is 8.95. The van der Waals surface area contributed by atoms with Gasteiger partial charge in [0, 0.05) is 0 Å². The van der Waals surface area contributed by atoms with Crippen LogP contribution in [0.15, 0.2) is 23.8 Å². The maximum Gasteiger partial charge on any atom is -0.0320 e. The summed E-state index contributed by atoms with van der Waals surface area (Å²) in [6.45, 7) is 0. The number of allylic oxidation sites excluding steroid dienone is 4. The van der Waals surface area contributed by atoms with Gasteiger partial charge in [0.1, 0.15) is 0 Å². The van der Waals surface area contributed by atoms with Crippen LogP contribution in [-0.2, 0) is 0 Å². The lowest BCUT2D eigenvalue weighted by Gasteiger charge is -2.17. The molecule has 0 heteroatoms. The van der Waals surface area contributed by atoms with Crippen LogP contribution in [-0.4, -0.2) is 0 Å². The van der Waals surface area contributed by atoms with Crippen LogP contribution < -0.4 is 0 Å². The van der Waals surface area contributed by atoms with Crippen molar-refractivity contribution < 1.29 is 0 Å². The molecular weight excluding hydrogens is 216 g/mol. The minimum atomic E-state index is 1.01. The van der Waals surface area contributed by atoms with Crippen LogP contribution in [0.1, 0.15) is 83.5 Å². The summed E-state index contributed by atoms with van der Waals surface area (Å²) in [5.41, 5.74) is 1.77. The molecule has 0 N–H and O–H groups in total. The van der Waals surface area contributed by atoms with Gasteiger partial charge in [-0.1, -0.05) is 49.5 Å². The Labute approximate surface area is 114 Å². The molecular formula is C18H30. The highest BCUT2D eigenvalue weighted by Crippen LogP contribution is 2.25. The molecule has 0 nitrogen and oxygen atoms in total. The Morgan fingerprint density at radius 2 is 1.94 bits per heavy atom. The second-order valence-corrected chi connectivity index (χ2v) is 6.21. The number of hydrogen-bond acceptors (Lipinski definition) is 0. The van der Waals surface area contributed by atoms with E-state index in [-0.39, 0.29) is 0 Å². The van der Waals surface area contributed by atoms with Crippen molar-refractivity contribution >= 4 is 0 Å². The van der Waals surface area contributed by atoms with Crippen LogP contribution in [0.4, 0.5) is 0 Å². The Balaban J connectivity index is 1.50. The SMILES string of the molecule is C1=CCC(CCCCCC2=CCCCCC2)CC1. The van der Waals surface area contributed by atoms with Crippen molar-refractivity contribution in [2.24, 2.45) is 5.92 Å². The van der Waals surface area contributed by atoms with E-state index in [2.05, 4.69) is 18.2 Å². The average Bonchev–Trinajstić information content (AvgIpc) is 2.68. The number of rotatable bonds is 6. The van der Waals surface area contributed by atoms with Crippen molar-refractivity contribution in [1.29, 1.82) is 0 Å². The molecule has 0 saturated carbocycles. The fourth-order valence-electron chi connectivity index (χ4n) is 3.39. The molecule has 0 bridgehead atoms. The summed E-state index contributed by atoms with van der Waals surface area (Å²) in [5, 5.41) is 0. The second-order valence-electron chi connectivity index (χ2n) is 6.21. The summed E-state index contributed by atoms with van der Waals surface area (Å²) >= 11 is 0. The summed E-state index contributed by atoms with van der Waals surface area (Å²) in [6.07, 6.45) is 25.7. The van der Waals surface area contributed by atoms with E-state index >= 15 is 0 Å². The minimum Gasteiger partial charge on any atom is -0.0885 e. The van der Waals surface area contributed by atoms with Crippen molar-refractivity contribution in [3.63, 3.8) is 0 Å². The van der Waals surface area contributed by atoms with E-state index in [1.54, 1.807) is 5.57 Å². The van der Waals surface area contributed by atoms with Gasteiger partial charge in [-0.25, -0.2) is 0 Å². The van der Waals surface area contributed by atoms with Crippen LogP contribution in [0.25, 0.3) is 0 Å². The molecule has 1 atom stereocenters. The van der Waals surface area contributed by atoms with Gasteiger partial charge in [0.15, 0.2) is 0 Å². The van der Waals surface area contributed by atoms with Crippen molar-refractivity contribution in [3.8, 4) is 0 Å². The number of hydrogen-bond donors (Lipinski definition) is 0. The van der Waals surface area contributed by atoms with Gasteiger partial charge in [-0.3, -0.25) is 0 Å². The zero-order valence-corrected chi connectivity index (χ0v) is 12.0. The monoisotopic (exact) mass is 246 g/mol. The van der Waals surface area contributed by atoms with E-state index in [0.717, 1.165) is 5.92 Å². The quantitative estimate of drug-likeness (QED) is 0.387. The lowest BCUT2D eigenvalue weighted by Crippen LogP contribution is -2.02. The molecule has 0 heterocycles. The highest BCUT2D eigenvalue weighted by Gasteiger charge is 2.09. The van der Waals surface area contributed by atoms with Crippen LogP contribution in [0.5, 0.6) is 0 Å². The molecule has 0 amide bonds. The van der Waals surface area contributed by atoms with Crippen molar-refractivity contribution in [2.75, 3.05) is 0 Å². The minimum absolute atomic E-state index is 1.01. The van der Waals surface area contributed by atoms with E-state index in [9.17, 15) is 0 Å². The highest BCUT2D eigenvalue weighted by atomic mass is 14.1. The standard InChI is InChI=1S/C18H30/c1-2-6-12-17(11-5-1)13-7-3-8-14-18-15-9-4-10-16-18/h4,9,11,18H,1-3,5-8,10,12-16H2. The van der Waals surface area contributed by atoms with Gasteiger partial charge in [-0.05, 0) is 63.7 Å². The van der Waals surface area contributed by atoms with Crippen molar-refractivity contribution in [2.45, 2.75) is 83.5 Å². The molecule has 0 aromatic heterocycles. The van der Waals surface area contributed by atoms with Crippen LogP contribution in [0.3, 0.4) is 0 Å². The molecule has 0 aromatic carbocycles. The molecule has 0 spiro atoms. The van der Waals surface area contributed by atoms with Gasteiger partial charge < -0.3 is 0 Å². The third kappa shape index (κ3) is 5.42. The van der Waals surface area contributed by atoms with E-state index in [4.69, 9.17) is 0 Å². The summed E-state index contributed by atoms with van der Waals surface area (Å²) in [7, 11) is 0. The fraction of sp³-hybridized carbons (Fsp3) is 0.778. The maximum absolute atomic E-state index is 2.54. The predicted octanol–water partition coefficient (Wildman–Crippen LogP) is 6.18. The van der Waals surface area contributed by atoms with Gasteiger partial charge in [-0.15, -0.1) is 0 Å². The first kappa shape index (κ1) is 13.9. The summed E-state index contributed by atoms with van der Waals surface area (Å²) in [6, 6.07) is 0. The Bertz CT molecular complexity index is 272. The molecule has 0 aliphatic heterocycles. The van der Waals surface area contributed by atoms with Gasteiger partial charge in [0.25, 0.3) is 0 Å². The molecule has 0 saturated heterocycles. The largest absolute Gasteiger partial charge is 0.0885 e. The normalized spacial score (nSPS) is 24.7. The van der Waals surface area contributed by atoms with Gasteiger partial charge in [0.05, 0.1) is 0 Å². The highest BCUT2D eigenvalue weighted by molar-refractivity contribution is 5.03. The number of unbranched alkanes of at least 4 members (excludes halogenated alkanes) is 2. The topological polar surface area (TPSA) is 0 Å². The smallest absolute Gasteiger partial charge is 0.0320 e. The first-order valence-corrected chi connectivity index (χ1v) is 8.28. The Hall–Kier alpha value is -0.520. The van der Waals surface area contributed by atoms with Crippen LogP contribution in [0.2, 0.25) is 0 Å². The second kappa shape index (κ2) is 8.56. The molecule has 0 fully saturated rings. The Morgan fingerprint density at radius 1 is 0.944 bits per heavy atom. The molecule has 2 aliphatic carbocycles. The fourth-order valence-corrected chi connectivity index (χ4v) is 3.39. The first-order valence-electron chi connectivity index (χ1n) is 8.28. The van der Waals surface area contributed by atoms with E-state index in [1.165, 1.54) is 83.5 Å². The van der Waals surface area contributed by atoms with Gasteiger partial charge in [-0.2, -0.15) is 0 Å². The maximum atomic E-state index is 2.54. The molecule has 0 radical (unpaired) electrons. The van der Waals surface area contributed by atoms with Crippen LogP contribution >= 0.6 is 0 Å². The zero-order chi connectivity index (χ0) is 12.5. The van der Waals surface area contributed by atoms with Gasteiger partial charge >= 0.3 is 0 Å². The third-order valence-electron chi connectivity index (χ3n) is 4.62. The Morgan fingerprint density at radius 3 is 2.83 bits per heavy atom. The summed E-state index contributed by atoms with van der Waals surface area (Å²) in [5.74, 6) is 1.01. The lowest BCUT2D eigenvalue weighted by atomic mass is 9.89. The molecule has 18 heavy (non-hydrogen) atoms. The third-order valence-corrected chi connectivity index (χ3v) is 4.62. The summed E-state index contributed by atoms with van der Waals surface area (Å²) in [4.78, 5) is 0. The lowest BCUT2D eigenvalue weighted by molar-refractivity contribution is 0.421. The molecule has 2 aliphatic rings. The van der Waals surface area contributed by atoms with E-state index < -0.39 is 0 Å². The summed E-state index contributed by atoms with van der Waals surface area (Å²) < 4.78 is 0. The van der Waals surface area contributed by atoms with Gasteiger partial charge in [0.2, 0.25) is 0 Å².